The van der Waals surface area contributed by atoms with Gasteiger partial charge in [0.25, 0.3) is 0 Å². The monoisotopic (exact) mass is 247 g/mol. The molecular weight excluding hydrogens is 226 g/mol. The van der Waals surface area contributed by atoms with Crippen molar-refractivity contribution in [3.8, 4) is 0 Å². The average Bonchev–Trinajstić information content (AvgIpc) is 2.27. The normalized spacial score (nSPS) is 24.0. The Bertz CT molecular complexity index is 448. The van der Waals surface area contributed by atoms with E-state index in [2.05, 4.69) is 18.7 Å². The fourth-order valence-electron chi connectivity index (χ4n) is 2.83. The molecule has 0 bridgehead atoms. The Kier molecular flexibility index (Phi) is 3.45. The van der Waals surface area contributed by atoms with E-state index in [4.69, 9.17) is 11.5 Å². The summed E-state index contributed by atoms with van der Waals surface area (Å²) in [6.07, 6.45) is 1.24. The van der Waals surface area contributed by atoms with Crippen molar-refractivity contribution in [1.29, 1.82) is 0 Å². The summed E-state index contributed by atoms with van der Waals surface area (Å²) >= 11 is 0. The first-order valence-electron chi connectivity index (χ1n) is 6.41. The van der Waals surface area contributed by atoms with E-state index in [0.29, 0.717) is 23.1 Å². The van der Waals surface area contributed by atoms with E-state index in [1.165, 1.54) is 6.42 Å². The minimum atomic E-state index is -0.408. The molecule has 98 valence electrons. The molecule has 1 fully saturated rings. The molecule has 0 saturated carbocycles. The molecule has 1 aromatic rings. The lowest BCUT2D eigenvalue weighted by Gasteiger charge is -2.37. The predicted octanol–water partition coefficient (Wildman–Crippen LogP) is 1.85. The molecule has 4 N–H and O–H groups in total. The molecule has 0 spiro atoms. The number of carbonyl (C=O) groups excluding carboxylic acids is 1. The highest BCUT2D eigenvalue weighted by Gasteiger charge is 2.23. The van der Waals surface area contributed by atoms with Gasteiger partial charge in [-0.25, -0.2) is 0 Å². The van der Waals surface area contributed by atoms with Crippen LogP contribution >= 0.6 is 0 Å². The zero-order valence-corrected chi connectivity index (χ0v) is 11.0. The Morgan fingerprint density at radius 3 is 2.44 bits per heavy atom. The third-order valence-electron chi connectivity index (χ3n) is 3.52. The SMILES string of the molecule is CC1CC(C)CN(c2cc(C(N)=O)ccc2N)C1. The Morgan fingerprint density at radius 1 is 1.28 bits per heavy atom. The highest BCUT2D eigenvalue weighted by molar-refractivity contribution is 5.95. The largest absolute Gasteiger partial charge is 0.397 e. The molecule has 0 aliphatic carbocycles. The van der Waals surface area contributed by atoms with E-state index in [0.717, 1.165) is 18.8 Å². The standard InChI is InChI=1S/C14H21N3O/c1-9-5-10(2)8-17(7-9)13-6-11(14(16)18)3-4-12(13)15/h3-4,6,9-10H,5,7-8,15H2,1-2H3,(H2,16,18). The van der Waals surface area contributed by atoms with Crippen molar-refractivity contribution in [2.75, 3.05) is 23.7 Å². The number of nitrogens with two attached hydrogens (primary N) is 2. The van der Waals surface area contributed by atoms with Gasteiger partial charge in [-0.3, -0.25) is 4.79 Å². The number of benzene rings is 1. The summed E-state index contributed by atoms with van der Waals surface area (Å²) in [7, 11) is 0. The zero-order valence-electron chi connectivity index (χ0n) is 11.0. The molecule has 0 aromatic heterocycles. The van der Waals surface area contributed by atoms with Gasteiger partial charge in [0.15, 0.2) is 0 Å². The summed E-state index contributed by atoms with van der Waals surface area (Å²) in [4.78, 5) is 13.5. The molecule has 1 saturated heterocycles. The number of anilines is 2. The van der Waals surface area contributed by atoms with Crippen LogP contribution in [0.4, 0.5) is 11.4 Å². The molecule has 2 unspecified atom stereocenters. The average molecular weight is 247 g/mol. The molecule has 2 atom stereocenters. The van der Waals surface area contributed by atoms with Gasteiger partial charge in [-0.1, -0.05) is 13.8 Å². The van der Waals surface area contributed by atoms with Gasteiger partial charge in [-0.05, 0) is 36.5 Å². The van der Waals surface area contributed by atoms with E-state index in [9.17, 15) is 4.79 Å². The summed E-state index contributed by atoms with van der Waals surface area (Å²) in [6.45, 7) is 6.46. The maximum atomic E-state index is 11.2. The van der Waals surface area contributed by atoms with Crippen LogP contribution < -0.4 is 16.4 Å². The van der Waals surface area contributed by atoms with Crippen LogP contribution in [0.2, 0.25) is 0 Å². The maximum absolute atomic E-state index is 11.2. The number of nitrogens with zero attached hydrogens (tertiary/aromatic N) is 1. The second kappa shape index (κ2) is 4.88. The van der Waals surface area contributed by atoms with E-state index < -0.39 is 5.91 Å². The second-order valence-electron chi connectivity index (χ2n) is 5.49. The van der Waals surface area contributed by atoms with E-state index in [1.807, 2.05) is 6.07 Å². The lowest BCUT2D eigenvalue weighted by Crippen LogP contribution is -2.39. The molecule has 4 heteroatoms. The Labute approximate surface area is 108 Å². The number of piperidine rings is 1. The summed E-state index contributed by atoms with van der Waals surface area (Å²) in [6, 6.07) is 5.25. The predicted molar refractivity (Wildman–Crippen MR) is 74.5 cm³/mol. The minimum Gasteiger partial charge on any atom is -0.397 e. The van der Waals surface area contributed by atoms with Crippen molar-refractivity contribution >= 4 is 17.3 Å². The van der Waals surface area contributed by atoms with Gasteiger partial charge in [-0.2, -0.15) is 0 Å². The molecular formula is C14H21N3O. The van der Waals surface area contributed by atoms with Crippen LogP contribution in [0.1, 0.15) is 30.6 Å². The number of amides is 1. The van der Waals surface area contributed by atoms with Crippen LogP contribution in [0.3, 0.4) is 0 Å². The second-order valence-corrected chi connectivity index (χ2v) is 5.49. The van der Waals surface area contributed by atoms with Gasteiger partial charge in [-0.15, -0.1) is 0 Å². The highest BCUT2D eigenvalue weighted by atomic mass is 16.1. The fraction of sp³-hybridized carbons (Fsp3) is 0.500. The van der Waals surface area contributed by atoms with Crippen molar-refractivity contribution in [3.63, 3.8) is 0 Å². The molecule has 0 radical (unpaired) electrons. The third-order valence-corrected chi connectivity index (χ3v) is 3.52. The molecule has 1 amide bonds. The Morgan fingerprint density at radius 2 is 1.89 bits per heavy atom. The zero-order chi connectivity index (χ0) is 13.3. The van der Waals surface area contributed by atoms with Crippen LogP contribution in [0.25, 0.3) is 0 Å². The van der Waals surface area contributed by atoms with Gasteiger partial charge in [0.05, 0.1) is 11.4 Å². The number of primary amides is 1. The minimum absolute atomic E-state index is 0.408. The number of nitrogen functional groups attached to an aromatic ring is 1. The van der Waals surface area contributed by atoms with Crippen LogP contribution in [-0.2, 0) is 0 Å². The van der Waals surface area contributed by atoms with Gasteiger partial charge in [0.1, 0.15) is 0 Å². The summed E-state index contributed by atoms with van der Waals surface area (Å²) in [5.74, 6) is 0.880. The number of hydrogen-bond acceptors (Lipinski definition) is 3. The topological polar surface area (TPSA) is 72.3 Å². The van der Waals surface area contributed by atoms with Crippen molar-refractivity contribution in [3.05, 3.63) is 23.8 Å². The summed E-state index contributed by atoms with van der Waals surface area (Å²) in [5, 5.41) is 0. The van der Waals surface area contributed by atoms with E-state index in [1.54, 1.807) is 12.1 Å². The first kappa shape index (κ1) is 12.7. The molecule has 1 heterocycles. The number of rotatable bonds is 2. The van der Waals surface area contributed by atoms with Crippen molar-refractivity contribution in [2.45, 2.75) is 20.3 Å². The molecule has 18 heavy (non-hydrogen) atoms. The molecule has 2 rings (SSSR count). The van der Waals surface area contributed by atoms with Gasteiger partial charge in [0.2, 0.25) is 5.91 Å². The first-order valence-corrected chi connectivity index (χ1v) is 6.41. The van der Waals surface area contributed by atoms with Crippen molar-refractivity contribution < 1.29 is 4.79 Å². The molecule has 1 aliphatic rings. The lowest BCUT2D eigenvalue weighted by atomic mass is 9.91. The molecule has 1 aliphatic heterocycles. The molecule has 4 nitrogen and oxygen atoms in total. The summed E-state index contributed by atoms with van der Waals surface area (Å²) in [5.41, 5.74) is 13.5. The Hall–Kier alpha value is -1.71. The lowest BCUT2D eigenvalue weighted by molar-refractivity contribution is 0.100. The van der Waals surface area contributed by atoms with Crippen LogP contribution in [-0.4, -0.2) is 19.0 Å². The third kappa shape index (κ3) is 2.58. The first-order chi connectivity index (χ1) is 8.47. The molecule has 1 aromatic carbocycles. The van der Waals surface area contributed by atoms with Gasteiger partial charge in [0, 0.05) is 18.7 Å². The van der Waals surface area contributed by atoms with Crippen LogP contribution in [0, 0.1) is 11.8 Å². The fourth-order valence-corrected chi connectivity index (χ4v) is 2.83. The Balaban J connectivity index is 2.31. The number of hydrogen-bond donors (Lipinski definition) is 2. The van der Waals surface area contributed by atoms with Gasteiger partial charge >= 0.3 is 0 Å². The number of carbonyl (C=O) groups is 1. The van der Waals surface area contributed by atoms with Gasteiger partial charge < -0.3 is 16.4 Å². The van der Waals surface area contributed by atoms with Crippen LogP contribution in [0.5, 0.6) is 0 Å². The maximum Gasteiger partial charge on any atom is 0.248 e. The van der Waals surface area contributed by atoms with E-state index >= 15 is 0 Å². The highest BCUT2D eigenvalue weighted by Crippen LogP contribution is 2.30. The van der Waals surface area contributed by atoms with Crippen LogP contribution in [0.15, 0.2) is 18.2 Å². The van der Waals surface area contributed by atoms with Crippen molar-refractivity contribution in [2.24, 2.45) is 17.6 Å². The van der Waals surface area contributed by atoms with Crippen molar-refractivity contribution in [1.82, 2.24) is 0 Å². The van der Waals surface area contributed by atoms with E-state index in [-0.39, 0.29) is 0 Å². The smallest absolute Gasteiger partial charge is 0.248 e. The summed E-state index contributed by atoms with van der Waals surface area (Å²) < 4.78 is 0. The quantitative estimate of drug-likeness (QED) is 0.783.